The molecule has 0 saturated carbocycles. The molecule has 0 spiro atoms. The summed E-state index contributed by atoms with van der Waals surface area (Å²) in [7, 11) is 0. The summed E-state index contributed by atoms with van der Waals surface area (Å²) in [6.07, 6.45) is -0.760. The van der Waals surface area contributed by atoms with Gasteiger partial charge in [0.2, 0.25) is 0 Å². The quantitative estimate of drug-likeness (QED) is 0.829. The molecular weight excluding hydrogens is 270 g/mol. The van der Waals surface area contributed by atoms with Gasteiger partial charge in [-0.15, -0.1) is 0 Å². The van der Waals surface area contributed by atoms with Crippen LogP contribution < -0.4 is 10.5 Å². The molecule has 21 heavy (non-hydrogen) atoms. The Bertz CT molecular complexity index is 539. The van der Waals surface area contributed by atoms with E-state index in [0.29, 0.717) is 5.75 Å². The van der Waals surface area contributed by atoms with Gasteiger partial charge in [0, 0.05) is 5.56 Å². The minimum Gasteiger partial charge on any atom is -0.485 e. The zero-order valence-electron chi connectivity index (χ0n) is 12.9. The second-order valence-electron chi connectivity index (χ2n) is 6.26. The van der Waals surface area contributed by atoms with E-state index in [2.05, 4.69) is 0 Å². The maximum absolute atomic E-state index is 11.7. The van der Waals surface area contributed by atoms with E-state index in [1.165, 1.54) is 0 Å². The summed E-state index contributed by atoms with van der Waals surface area (Å²) >= 11 is 0. The fourth-order valence-corrected chi connectivity index (χ4v) is 2.48. The van der Waals surface area contributed by atoms with Gasteiger partial charge in [-0.3, -0.25) is 4.79 Å². The van der Waals surface area contributed by atoms with E-state index in [1.54, 1.807) is 26.0 Å². The average molecular weight is 293 g/mol. The van der Waals surface area contributed by atoms with Crippen LogP contribution in [0.3, 0.4) is 0 Å². The fourth-order valence-electron chi connectivity index (χ4n) is 2.48. The minimum absolute atomic E-state index is 0.136. The Morgan fingerprint density at radius 1 is 1.48 bits per heavy atom. The number of hydrogen-bond acceptors (Lipinski definition) is 5. The maximum atomic E-state index is 11.7. The number of ether oxygens (including phenoxy) is 2. The number of esters is 1. The van der Waals surface area contributed by atoms with Crippen LogP contribution >= 0.6 is 0 Å². The standard InChI is InChI=1S/C16H23NO4/c1-9(2)20-13(18)8-10-5-6-12-11(7-10)14(17)15(19)16(3,4)21-12/h5-7,9,14-15,19H,8,17H2,1-4H3/t14-,15+/m1/s1. The first-order valence-electron chi connectivity index (χ1n) is 7.15. The first kappa shape index (κ1) is 15.8. The van der Waals surface area contributed by atoms with Gasteiger partial charge in [-0.1, -0.05) is 6.07 Å². The van der Waals surface area contributed by atoms with Crippen molar-refractivity contribution in [3.8, 4) is 5.75 Å². The van der Waals surface area contributed by atoms with E-state index in [9.17, 15) is 9.90 Å². The Morgan fingerprint density at radius 3 is 2.76 bits per heavy atom. The number of carbonyl (C=O) groups excluding carboxylic acids is 1. The summed E-state index contributed by atoms with van der Waals surface area (Å²) in [6, 6.07) is 4.88. The highest BCUT2D eigenvalue weighted by Gasteiger charge is 2.41. The third-order valence-corrected chi connectivity index (χ3v) is 3.57. The SMILES string of the molecule is CC(C)OC(=O)Cc1ccc2c(c1)[C@@H](N)[C@H](O)C(C)(C)O2. The zero-order valence-corrected chi connectivity index (χ0v) is 12.9. The Balaban J connectivity index is 2.22. The van der Waals surface area contributed by atoms with Crippen molar-refractivity contribution in [2.75, 3.05) is 0 Å². The molecule has 1 heterocycles. The number of rotatable bonds is 3. The molecule has 0 amide bonds. The van der Waals surface area contributed by atoms with E-state index in [0.717, 1.165) is 11.1 Å². The molecular formula is C16H23NO4. The smallest absolute Gasteiger partial charge is 0.310 e. The van der Waals surface area contributed by atoms with E-state index in [4.69, 9.17) is 15.2 Å². The lowest BCUT2D eigenvalue weighted by molar-refractivity contribution is -0.146. The number of nitrogens with two attached hydrogens (primary N) is 1. The van der Waals surface area contributed by atoms with Gasteiger partial charge in [0.15, 0.2) is 0 Å². The lowest BCUT2D eigenvalue weighted by atomic mass is 9.86. The van der Waals surface area contributed by atoms with Gasteiger partial charge in [-0.05, 0) is 45.4 Å². The predicted molar refractivity (Wildman–Crippen MR) is 79.0 cm³/mol. The van der Waals surface area contributed by atoms with Crippen molar-refractivity contribution >= 4 is 5.97 Å². The van der Waals surface area contributed by atoms with Crippen molar-refractivity contribution in [3.63, 3.8) is 0 Å². The first-order valence-corrected chi connectivity index (χ1v) is 7.15. The molecule has 0 radical (unpaired) electrons. The predicted octanol–water partition coefficient (Wildman–Crippen LogP) is 1.71. The van der Waals surface area contributed by atoms with Crippen LogP contribution in [-0.2, 0) is 16.0 Å². The molecule has 0 unspecified atom stereocenters. The molecule has 1 aliphatic heterocycles. The minimum atomic E-state index is -0.803. The Labute approximate surface area is 125 Å². The van der Waals surface area contributed by atoms with Crippen LogP contribution in [0.5, 0.6) is 5.75 Å². The number of fused-ring (bicyclic) bond motifs is 1. The van der Waals surface area contributed by atoms with Gasteiger partial charge < -0.3 is 20.3 Å². The number of aliphatic hydroxyl groups is 1. The van der Waals surface area contributed by atoms with Crippen LogP contribution in [0.25, 0.3) is 0 Å². The van der Waals surface area contributed by atoms with E-state index in [1.807, 2.05) is 19.9 Å². The Hall–Kier alpha value is -1.59. The maximum Gasteiger partial charge on any atom is 0.310 e. The van der Waals surface area contributed by atoms with Crippen LogP contribution in [0.4, 0.5) is 0 Å². The van der Waals surface area contributed by atoms with Crippen molar-refractivity contribution in [1.82, 2.24) is 0 Å². The van der Waals surface area contributed by atoms with Crippen molar-refractivity contribution in [1.29, 1.82) is 0 Å². The van der Waals surface area contributed by atoms with Crippen LogP contribution in [0.15, 0.2) is 18.2 Å². The average Bonchev–Trinajstić information content (AvgIpc) is 2.36. The largest absolute Gasteiger partial charge is 0.485 e. The molecule has 2 atom stereocenters. The van der Waals surface area contributed by atoms with E-state index >= 15 is 0 Å². The molecule has 116 valence electrons. The van der Waals surface area contributed by atoms with E-state index in [-0.39, 0.29) is 18.5 Å². The van der Waals surface area contributed by atoms with Crippen molar-refractivity contribution in [3.05, 3.63) is 29.3 Å². The highest BCUT2D eigenvalue weighted by atomic mass is 16.5. The van der Waals surface area contributed by atoms with Crippen LogP contribution in [-0.4, -0.2) is 28.9 Å². The molecule has 5 nitrogen and oxygen atoms in total. The van der Waals surface area contributed by atoms with Crippen molar-refractivity contribution < 1.29 is 19.4 Å². The molecule has 2 rings (SSSR count). The summed E-state index contributed by atoms with van der Waals surface area (Å²) < 4.78 is 10.9. The third kappa shape index (κ3) is 3.36. The molecule has 0 fully saturated rings. The molecule has 1 aliphatic rings. The van der Waals surface area contributed by atoms with Crippen LogP contribution in [0.1, 0.15) is 44.9 Å². The first-order chi connectivity index (χ1) is 9.70. The molecule has 0 aliphatic carbocycles. The molecule has 1 aromatic carbocycles. The monoisotopic (exact) mass is 293 g/mol. The molecule has 0 saturated heterocycles. The topological polar surface area (TPSA) is 81.8 Å². The molecule has 5 heteroatoms. The van der Waals surface area contributed by atoms with Gasteiger partial charge in [0.25, 0.3) is 0 Å². The molecule has 1 aromatic rings. The number of benzene rings is 1. The van der Waals surface area contributed by atoms with Gasteiger partial charge >= 0.3 is 5.97 Å². The third-order valence-electron chi connectivity index (χ3n) is 3.57. The van der Waals surface area contributed by atoms with Gasteiger partial charge in [0.05, 0.1) is 18.6 Å². The Kier molecular flexibility index (Phi) is 4.25. The Morgan fingerprint density at radius 2 is 2.14 bits per heavy atom. The van der Waals surface area contributed by atoms with E-state index < -0.39 is 17.7 Å². The summed E-state index contributed by atoms with van der Waals surface area (Å²) in [4.78, 5) is 11.7. The molecule has 0 bridgehead atoms. The zero-order chi connectivity index (χ0) is 15.8. The number of hydrogen-bond donors (Lipinski definition) is 2. The van der Waals surface area contributed by atoms with Crippen molar-refractivity contribution in [2.24, 2.45) is 5.73 Å². The normalized spacial score (nSPS) is 23.4. The lowest BCUT2D eigenvalue weighted by Gasteiger charge is -2.40. The highest BCUT2D eigenvalue weighted by Crippen LogP contribution is 2.38. The summed E-state index contributed by atoms with van der Waals surface area (Å²) in [5, 5.41) is 10.2. The van der Waals surface area contributed by atoms with Gasteiger partial charge in [0.1, 0.15) is 17.5 Å². The fraction of sp³-hybridized carbons (Fsp3) is 0.562. The second-order valence-corrected chi connectivity index (χ2v) is 6.26. The summed E-state index contributed by atoms with van der Waals surface area (Å²) in [6.45, 7) is 7.22. The molecule has 3 N–H and O–H groups in total. The van der Waals surface area contributed by atoms with Crippen LogP contribution in [0, 0.1) is 0 Å². The van der Waals surface area contributed by atoms with Crippen LogP contribution in [0.2, 0.25) is 0 Å². The lowest BCUT2D eigenvalue weighted by Crippen LogP contribution is -2.51. The summed E-state index contributed by atoms with van der Waals surface area (Å²) in [5.41, 5.74) is 6.88. The van der Waals surface area contributed by atoms with Gasteiger partial charge in [-0.2, -0.15) is 0 Å². The summed E-state index contributed by atoms with van der Waals surface area (Å²) in [5.74, 6) is 0.370. The number of aliphatic hydroxyl groups excluding tert-OH is 1. The van der Waals surface area contributed by atoms with Crippen molar-refractivity contribution in [2.45, 2.75) is 58.0 Å². The number of carbonyl (C=O) groups is 1. The van der Waals surface area contributed by atoms with Gasteiger partial charge in [-0.25, -0.2) is 0 Å². The second kappa shape index (κ2) is 5.66. The molecule has 0 aromatic heterocycles. The highest BCUT2D eigenvalue weighted by molar-refractivity contribution is 5.73.